The lowest BCUT2D eigenvalue weighted by Crippen LogP contribution is -2.62. The van der Waals surface area contributed by atoms with Crippen molar-refractivity contribution in [3.05, 3.63) is 0 Å². The van der Waals surface area contributed by atoms with Crippen LogP contribution in [0.4, 0.5) is 4.79 Å². The summed E-state index contributed by atoms with van der Waals surface area (Å²) in [6.45, 7) is 6.61. The Hall–Kier alpha value is -1.30. The summed E-state index contributed by atoms with van der Waals surface area (Å²) >= 11 is 0. The first kappa shape index (κ1) is 16.2. The van der Waals surface area contributed by atoms with Gasteiger partial charge in [-0.05, 0) is 59.3 Å². The zero-order valence-corrected chi connectivity index (χ0v) is 14.9. The smallest absolute Gasteiger partial charge is 0.410 e. The van der Waals surface area contributed by atoms with E-state index in [4.69, 9.17) is 9.47 Å². The number of morpholine rings is 1. The molecular weight excluding hydrogens is 308 g/mol. The molecule has 1 aliphatic carbocycles. The number of rotatable bonds is 1. The summed E-state index contributed by atoms with van der Waals surface area (Å²) in [4.78, 5) is 28.7. The molecule has 4 rings (SSSR count). The first-order valence-corrected chi connectivity index (χ1v) is 9.21. The number of hydrogen-bond acceptors (Lipinski definition) is 4. The van der Waals surface area contributed by atoms with E-state index in [-0.39, 0.29) is 36.3 Å². The van der Waals surface area contributed by atoms with Crippen molar-refractivity contribution in [2.24, 2.45) is 0 Å². The second kappa shape index (κ2) is 5.35. The van der Waals surface area contributed by atoms with E-state index in [0.29, 0.717) is 12.6 Å². The van der Waals surface area contributed by atoms with E-state index < -0.39 is 5.60 Å². The van der Waals surface area contributed by atoms with Crippen LogP contribution in [0.3, 0.4) is 0 Å². The summed E-state index contributed by atoms with van der Waals surface area (Å²) in [5, 5.41) is 0. The molecule has 3 saturated heterocycles. The number of amides is 2. The zero-order chi connectivity index (χ0) is 17.1. The molecule has 0 unspecified atom stereocenters. The predicted octanol–water partition coefficient (Wildman–Crippen LogP) is 2.31. The van der Waals surface area contributed by atoms with E-state index in [1.54, 1.807) is 0 Å². The number of piperidine rings is 1. The molecule has 3 aliphatic heterocycles. The van der Waals surface area contributed by atoms with Gasteiger partial charge in [-0.15, -0.1) is 0 Å². The van der Waals surface area contributed by atoms with Crippen LogP contribution in [0.2, 0.25) is 0 Å². The number of carbonyl (C=O) groups excluding carboxylic acids is 2. The van der Waals surface area contributed by atoms with E-state index in [9.17, 15) is 9.59 Å². The van der Waals surface area contributed by atoms with Crippen molar-refractivity contribution in [1.82, 2.24) is 9.80 Å². The Balaban J connectivity index is 1.48. The largest absolute Gasteiger partial charge is 0.444 e. The van der Waals surface area contributed by atoms with Gasteiger partial charge in [0.15, 0.2) is 0 Å². The van der Waals surface area contributed by atoms with Crippen LogP contribution in [0.25, 0.3) is 0 Å². The monoisotopic (exact) mass is 336 g/mol. The number of nitrogens with zero attached hydrogens (tertiary/aromatic N) is 2. The summed E-state index contributed by atoms with van der Waals surface area (Å²) in [6.07, 6.45) is 5.70. The maximum atomic E-state index is 12.6. The molecule has 1 saturated carbocycles. The van der Waals surface area contributed by atoms with Gasteiger partial charge in [-0.2, -0.15) is 0 Å². The van der Waals surface area contributed by atoms with E-state index >= 15 is 0 Å². The van der Waals surface area contributed by atoms with Gasteiger partial charge in [0.05, 0.1) is 12.1 Å². The van der Waals surface area contributed by atoms with Crippen molar-refractivity contribution >= 4 is 12.0 Å². The first-order chi connectivity index (χ1) is 11.3. The average molecular weight is 336 g/mol. The number of carbonyl (C=O) groups is 2. The molecule has 0 radical (unpaired) electrons. The van der Waals surface area contributed by atoms with Gasteiger partial charge in [0.1, 0.15) is 12.2 Å². The summed E-state index contributed by atoms with van der Waals surface area (Å²) in [7, 11) is 0. The predicted molar refractivity (Wildman–Crippen MR) is 87.5 cm³/mol. The second-order valence-electron chi connectivity index (χ2n) is 8.91. The fourth-order valence-corrected chi connectivity index (χ4v) is 4.62. The summed E-state index contributed by atoms with van der Waals surface area (Å²) < 4.78 is 11.7. The SMILES string of the molecule is CC(C)(C)OC(=O)N1[C@H]2CC[C@H]1CC1(C2)CN(C2CC2)C(=O)CO1. The highest BCUT2D eigenvalue weighted by atomic mass is 16.6. The molecule has 134 valence electrons. The highest BCUT2D eigenvalue weighted by Crippen LogP contribution is 2.45. The third-order valence-electron chi connectivity index (χ3n) is 5.71. The van der Waals surface area contributed by atoms with E-state index in [0.717, 1.165) is 38.5 Å². The summed E-state index contributed by atoms with van der Waals surface area (Å²) in [5.74, 6) is 0.130. The van der Waals surface area contributed by atoms with Crippen LogP contribution in [-0.4, -0.2) is 64.3 Å². The molecule has 4 aliphatic rings. The maximum Gasteiger partial charge on any atom is 0.410 e. The molecule has 0 aromatic heterocycles. The van der Waals surface area contributed by atoms with Crippen LogP contribution in [0.1, 0.15) is 59.3 Å². The van der Waals surface area contributed by atoms with Crippen molar-refractivity contribution in [3.8, 4) is 0 Å². The molecule has 3 heterocycles. The van der Waals surface area contributed by atoms with Gasteiger partial charge >= 0.3 is 6.09 Å². The van der Waals surface area contributed by atoms with Crippen molar-refractivity contribution in [3.63, 3.8) is 0 Å². The average Bonchev–Trinajstić information content (AvgIpc) is 3.26. The normalized spacial score (nSPS) is 36.4. The van der Waals surface area contributed by atoms with E-state index in [2.05, 4.69) is 0 Å². The van der Waals surface area contributed by atoms with Gasteiger partial charge in [0.25, 0.3) is 0 Å². The highest BCUT2D eigenvalue weighted by Gasteiger charge is 2.55. The van der Waals surface area contributed by atoms with Gasteiger partial charge in [-0.1, -0.05) is 0 Å². The topological polar surface area (TPSA) is 59.1 Å². The van der Waals surface area contributed by atoms with Crippen LogP contribution in [0, 0.1) is 0 Å². The summed E-state index contributed by atoms with van der Waals surface area (Å²) in [6, 6.07) is 0.778. The number of hydrogen-bond donors (Lipinski definition) is 0. The fourth-order valence-electron chi connectivity index (χ4n) is 4.62. The molecule has 0 aromatic rings. The Labute approximate surface area is 143 Å². The zero-order valence-electron chi connectivity index (χ0n) is 14.9. The molecule has 2 atom stereocenters. The molecule has 2 bridgehead atoms. The second-order valence-corrected chi connectivity index (χ2v) is 8.91. The molecular formula is C18H28N2O4. The van der Waals surface area contributed by atoms with Crippen molar-refractivity contribution in [1.29, 1.82) is 0 Å². The van der Waals surface area contributed by atoms with Crippen LogP contribution < -0.4 is 0 Å². The minimum atomic E-state index is -0.470. The Bertz CT molecular complexity index is 538. The molecule has 6 nitrogen and oxygen atoms in total. The molecule has 6 heteroatoms. The van der Waals surface area contributed by atoms with Gasteiger partial charge in [-0.25, -0.2) is 4.79 Å². The molecule has 0 aromatic carbocycles. The van der Waals surface area contributed by atoms with Gasteiger partial charge in [0.2, 0.25) is 5.91 Å². The van der Waals surface area contributed by atoms with Gasteiger partial charge in [0, 0.05) is 18.1 Å². The van der Waals surface area contributed by atoms with E-state index in [1.165, 1.54) is 0 Å². The Morgan fingerprint density at radius 2 is 1.71 bits per heavy atom. The van der Waals surface area contributed by atoms with Gasteiger partial charge in [-0.3, -0.25) is 4.79 Å². The third-order valence-corrected chi connectivity index (χ3v) is 5.71. The fraction of sp³-hybridized carbons (Fsp3) is 0.889. The molecule has 1 spiro atoms. The standard InChI is InChI=1S/C18H28N2O4/c1-17(2,3)24-16(22)20-13-6-7-14(20)9-18(8-13)11-19(12-4-5-12)15(21)10-23-18/h12-14H,4-11H2,1-3H3/t13-,14-/m0/s1. The maximum absolute atomic E-state index is 12.6. The van der Waals surface area contributed by atoms with Crippen LogP contribution in [-0.2, 0) is 14.3 Å². The molecule has 0 N–H and O–H groups in total. The minimum absolute atomic E-state index is 0.130. The highest BCUT2D eigenvalue weighted by molar-refractivity contribution is 5.79. The minimum Gasteiger partial charge on any atom is -0.444 e. The van der Waals surface area contributed by atoms with Crippen molar-refractivity contribution < 1.29 is 19.1 Å². The van der Waals surface area contributed by atoms with Crippen molar-refractivity contribution in [2.45, 2.75) is 88.6 Å². The Kier molecular flexibility index (Phi) is 3.61. The molecule has 24 heavy (non-hydrogen) atoms. The Morgan fingerprint density at radius 1 is 1.12 bits per heavy atom. The molecule has 4 fully saturated rings. The lowest BCUT2D eigenvalue weighted by atomic mass is 9.84. The lowest BCUT2D eigenvalue weighted by molar-refractivity contribution is -0.176. The first-order valence-electron chi connectivity index (χ1n) is 9.21. The number of fused-ring (bicyclic) bond motifs is 2. The quantitative estimate of drug-likeness (QED) is 0.737. The summed E-state index contributed by atoms with van der Waals surface area (Å²) in [5.41, 5.74) is -0.733. The molecule has 2 amide bonds. The van der Waals surface area contributed by atoms with Crippen LogP contribution in [0.5, 0.6) is 0 Å². The van der Waals surface area contributed by atoms with Crippen molar-refractivity contribution in [2.75, 3.05) is 13.2 Å². The van der Waals surface area contributed by atoms with Crippen LogP contribution in [0.15, 0.2) is 0 Å². The third kappa shape index (κ3) is 2.89. The van der Waals surface area contributed by atoms with Gasteiger partial charge < -0.3 is 19.3 Å². The Morgan fingerprint density at radius 3 is 2.25 bits per heavy atom. The lowest BCUT2D eigenvalue weighted by Gasteiger charge is -2.50. The van der Waals surface area contributed by atoms with E-state index in [1.807, 2.05) is 30.6 Å². The number of ether oxygens (including phenoxy) is 2. The van der Waals surface area contributed by atoms with Crippen LogP contribution >= 0.6 is 0 Å².